The van der Waals surface area contributed by atoms with Crippen LogP contribution in [0.4, 0.5) is 10.5 Å². The van der Waals surface area contributed by atoms with Crippen LogP contribution < -0.4 is 29.9 Å². The van der Waals surface area contributed by atoms with Crippen LogP contribution in [-0.4, -0.2) is 58.5 Å². The lowest BCUT2D eigenvalue weighted by atomic mass is 10.0. The Morgan fingerprint density at radius 3 is 2.51 bits per heavy atom. The highest BCUT2D eigenvalue weighted by Crippen LogP contribution is 2.40. The molecule has 12 nitrogen and oxygen atoms in total. The number of aryl methyl sites for hydroxylation is 1. The number of anilines is 1. The van der Waals surface area contributed by atoms with Gasteiger partial charge in [-0.2, -0.15) is 0 Å². The van der Waals surface area contributed by atoms with Gasteiger partial charge in [-0.15, -0.1) is 0 Å². The Labute approximate surface area is 244 Å². The van der Waals surface area contributed by atoms with Crippen molar-refractivity contribution in [2.24, 2.45) is 0 Å². The van der Waals surface area contributed by atoms with Gasteiger partial charge in [-0.1, -0.05) is 12.1 Å². The van der Waals surface area contributed by atoms with Crippen LogP contribution in [0.5, 0.6) is 23.0 Å². The van der Waals surface area contributed by atoms with E-state index in [1.165, 1.54) is 13.2 Å². The SMILES string of the molecule is COc1cccc(-c2cc(C(=O)Nc3cc4cc(OC)c(O[C@@H]5OC[C@@H]6OC(=O)O[C@H]56)c(C)c4oc3=O)ccc2OC)c1. The van der Waals surface area contributed by atoms with E-state index in [0.717, 1.165) is 5.56 Å². The van der Waals surface area contributed by atoms with E-state index in [2.05, 4.69) is 5.32 Å². The first-order valence-corrected chi connectivity index (χ1v) is 13.2. The molecule has 3 heterocycles. The lowest BCUT2D eigenvalue weighted by molar-refractivity contribution is -0.0917. The van der Waals surface area contributed by atoms with E-state index in [4.69, 9.17) is 37.6 Å². The summed E-state index contributed by atoms with van der Waals surface area (Å²) in [5.41, 5.74) is 1.58. The van der Waals surface area contributed by atoms with Gasteiger partial charge in [0.15, 0.2) is 17.6 Å². The van der Waals surface area contributed by atoms with Crippen molar-refractivity contribution in [3.05, 3.63) is 76.1 Å². The van der Waals surface area contributed by atoms with Crippen LogP contribution in [0.2, 0.25) is 0 Å². The van der Waals surface area contributed by atoms with Gasteiger partial charge in [0.1, 0.15) is 22.8 Å². The number of ether oxygens (including phenoxy) is 7. The zero-order chi connectivity index (χ0) is 30.2. The Balaban J connectivity index is 1.29. The van der Waals surface area contributed by atoms with Gasteiger partial charge in [0.25, 0.3) is 5.91 Å². The number of fused-ring (bicyclic) bond motifs is 2. The summed E-state index contributed by atoms with van der Waals surface area (Å²) < 4.78 is 43.8. The highest BCUT2D eigenvalue weighted by molar-refractivity contribution is 6.06. The largest absolute Gasteiger partial charge is 0.509 e. The van der Waals surface area contributed by atoms with Crippen molar-refractivity contribution in [3.63, 3.8) is 0 Å². The average molecular weight is 590 g/mol. The molecule has 12 heteroatoms. The lowest BCUT2D eigenvalue weighted by Gasteiger charge is -2.20. The van der Waals surface area contributed by atoms with Gasteiger partial charge in [0.2, 0.25) is 12.4 Å². The molecule has 6 rings (SSSR count). The molecule has 0 unspecified atom stereocenters. The highest BCUT2D eigenvalue weighted by atomic mass is 16.8. The standard InChI is InChI=1S/C31H27NO11/c1-15-25-18(13-23(38-4)26(15)42-30-27-24(14-39-30)40-31(35)43-27)12-21(29(34)41-25)32-28(33)17-8-9-22(37-3)20(11-17)16-6-5-7-19(10-16)36-2/h5-13,24,27,30H,14H2,1-4H3,(H,32,33)/t24-,27-,30-/m0/s1. The van der Waals surface area contributed by atoms with Gasteiger partial charge in [0.05, 0.1) is 27.9 Å². The van der Waals surface area contributed by atoms with Gasteiger partial charge in [-0.05, 0) is 55.0 Å². The maximum Gasteiger partial charge on any atom is 0.509 e. The molecule has 222 valence electrons. The molecule has 4 aromatic rings. The summed E-state index contributed by atoms with van der Waals surface area (Å²) in [5.74, 6) is 1.24. The third kappa shape index (κ3) is 5.17. The lowest BCUT2D eigenvalue weighted by Crippen LogP contribution is -2.32. The summed E-state index contributed by atoms with van der Waals surface area (Å²) in [4.78, 5) is 37.8. The molecular weight excluding hydrogens is 562 g/mol. The van der Waals surface area contributed by atoms with Gasteiger partial charge < -0.3 is 42.9 Å². The summed E-state index contributed by atoms with van der Waals surface area (Å²) in [6.45, 7) is 1.80. The number of hydrogen-bond donors (Lipinski definition) is 1. The Bertz CT molecular complexity index is 1800. The number of methoxy groups -OCH3 is 3. The predicted octanol–water partition coefficient (Wildman–Crippen LogP) is 4.69. The molecule has 0 aliphatic carbocycles. The molecule has 2 fully saturated rings. The Kier molecular flexibility index (Phi) is 7.28. The summed E-state index contributed by atoms with van der Waals surface area (Å²) in [6.07, 6.45) is -3.07. The second kappa shape index (κ2) is 11.2. The zero-order valence-corrected chi connectivity index (χ0v) is 23.6. The number of benzene rings is 3. The van der Waals surface area contributed by atoms with Crippen LogP contribution in [-0.2, 0) is 14.2 Å². The normalized spacial score (nSPS) is 18.9. The van der Waals surface area contributed by atoms with E-state index < -0.39 is 36.2 Å². The molecule has 2 saturated heterocycles. The van der Waals surface area contributed by atoms with Crippen molar-refractivity contribution in [1.29, 1.82) is 0 Å². The fourth-order valence-corrected chi connectivity index (χ4v) is 5.09. The number of nitrogens with one attached hydrogen (secondary N) is 1. The minimum atomic E-state index is -0.946. The van der Waals surface area contributed by atoms with Crippen molar-refractivity contribution in [3.8, 4) is 34.1 Å². The molecule has 1 amide bonds. The molecule has 1 aromatic heterocycles. The number of amides is 1. The summed E-state index contributed by atoms with van der Waals surface area (Å²) in [7, 11) is 4.57. The number of carbonyl (C=O) groups is 2. The second-order valence-electron chi connectivity index (χ2n) is 9.81. The Morgan fingerprint density at radius 1 is 0.930 bits per heavy atom. The summed E-state index contributed by atoms with van der Waals surface area (Å²) >= 11 is 0. The van der Waals surface area contributed by atoms with Gasteiger partial charge in [-0.3, -0.25) is 4.79 Å². The fraction of sp³-hybridized carbons (Fsp3) is 0.258. The third-order valence-electron chi connectivity index (χ3n) is 7.25. The molecule has 0 radical (unpaired) electrons. The van der Waals surface area contributed by atoms with Crippen LogP contribution in [0.1, 0.15) is 15.9 Å². The Morgan fingerprint density at radius 2 is 1.74 bits per heavy atom. The van der Waals surface area contributed by atoms with Crippen LogP contribution in [0.25, 0.3) is 22.1 Å². The topological polar surface area (TPSA) is 141 Å². The van der Waals surface area contributed by atoms with E-state index >= 15 is 0 Å². The maximum absolute atomic E-state index is 13.3. The number of rotatable bonds is 8. The summed E-state index contributed by atoms with van der Waals surface area (Å²) in [6, 6.07) is 15.4. The van der Waals surface area contributed by atoms with Crippen LogP contribution in [0, 0.1) is 6.92 Å². The predicted molar refractivity (Wildman–Crippen MR) is 152 cm³/mol. The molecule has 0 saturated carbocycles. The van der Waals surface area contributed by atoms with Crippen molar-refractivity contribution in [2.75, 3.05) is 33.3 Å². The smallest absolute Gasteiger partial charge is 0.497 e. The van der Waals surface area contributed by atoms with E-state index in [0.29, 0.717) is 39.3 Å². The molecule has 2 aliphatic heterocycles. The van der Waals surface area contributed by atoms with Crippen molar-refractivity contribution in [2.45, 2.75) is 25.4 Å². The average Bonchev–Trinajstić information content (AvgIpc) is 3.57. The molecule has 2 aliphatic rings. The van der Waals surface area contributed by atoms with Gasteiger partial charge in [-0.25, -0.2) is 9.59 Å². The van der Waals surface area contributed by atoms with Crippen molar-refractivity contribution >= 4 is 28.7 Å². The van der Waals surface area contributed by atoms with E-state index in [1.807, 2.05) is 24.3 Å². The third-order valence-corrected chi connectivity index (χ3v) is 7.25. The molecule has 0 spiro atoms. The first kappa shape index (κ1) is 27.9. The first-order valence-electron chi connectivity index (χ1n) is 13.2. The van der Waals surface area contributed by atoms with Crippen molar-refractivity contribution < 1.29 is 47.2 Å². The molecule has 3 aromatic carbocycles. The van der Waals surface area contributed by atoms with Crippen LogP contribution in [0.3, 0.4) is 0 Å². The second-order valence-corrected chi connectivity index (χ2v) is 9.81. The Hall–Kier alpha value is -5.23. The molecule has 1 N–H and O–H groups in total. The minimum absolute atomic E-state index is 0.0663. The number of carbonyl (C=O) groups excluding carboxylic acids is 2. The molecule has 0 bridgehead atoms. The van der Waals surface area contributed by atoms with E-state index in [-0.39, 0.29) is 23.6 Å². The van der Waals surface area contributed by atoms with E-state index in [9.17, 15) is 14.4 Å². The van der Waals surface area contributed by atoms with Crippen LogP contribution in [0.15, 0.2) is 63.8 Å². The van der Waals surface area contributed by atoms with Gasteiger partial charge >= 0.3 is 11.8 Å². The first-order chi connectivity index (χ1) is 20.8. The van der Waals surface area contributed by atoms with Crippen molar-refractivity contribution in [1.82, 2.24) is 0 Å². The zero-order valence-electron chi connectivity index (χ0n) is 23.6. The quantitative estimate of drug-likeness (QED) is 0.226. The fourth-order valence-electron chi connectivity index (χ4n) is 5.09. The molecule has 3 atom stereocenters. The maximum atomic E-state index is 13.3. The molecular formula is C31H27NO11. The molecule has 43 heavy (non-hydrogen) atoms. The minimum Gasteiger partial charge on any atom is -0.497 e. The number of hydrogen-bond acceptors (Lipinski definition) is 11. The van der Waals surface area contributed by atoms with Crippen LogP contribution >= 0.6 is 0 Å². The van der Waals surface area contributed by atoms with E-state index in [1.54, 1.807) is 45.4 Å². The highest BCUT2D eigenvalue weighted by Gasteiger charge is 2.50. The summed E-state index contributed by atoms with van der Waals surface area (Å²) in [5, 5.41) is 3.13. The monoisotopic (exact) mass is 589 g/mol. The van der Waals surface area contributed by atoms with Gasteiger partial charge in [0, 0.05) is 22.1 Å².